The second kappa shape index (κ2) is 9.19. The van der Waals surface area contributed by atoms with Gasteiger partial charge in [-0.2, -0.15) is 0 Å². The lowest BCUT2D eigenvalue weighted by Gasteiger charge is -2.29. The van der Waals surface area contributed by atoms with Gasteiger partial charge in [0.15, 0.2) is 0 Å². The van der Waals surface area contributed by atoms with Gasteiger partial charge in [0.25, 0.3) is 0 Å². The number of hydrogen-bond acceptors (Lipinski definition) is 0. The molecule has 1 rings (SSSR count). The van der Waals surface area contributed by atoms with Crippen LogP contribution in [0, 0.1) is 23.7 Å². The molecule has 0 heterocycles. The Morgan fingerprint density at radius 1 is 0.778 bits per heavy atom. The molecule has 3 atom stereocenters. The molecule has 0 aliphatic heterocycles. The molecule has 0 spiro atoms. The number of hydrogen-bond donors (Lipinski definition) is 0. The molecule has 0 N–H and O–H groups in total. The van der Waals surface area contributed by atoms with E-state index in [0.29, 0.717) is 0 Å². The Morgan fingerprint density at radius 2 is 1.28 bits per heavy atom. The molecule has 18 heavy (non-hydrogen) atoms. The minimum absolute atomic E-state index is 0.764. The Hall–Kier alpha value is -0.780. The van der Waals surface area contributed by atoms with Crippen LogP contribution in [0.3, 0.4) is 0 Å². The van der Waals surface area contributed by atoms with Crippen molar-refractivity contribution in [3.63, 3.8) is 0 Å². The van der Waals surface area contributed by atoms with Gasteiger partial charge in [0, 0.05) is 0 Å². The fourth-order valence-corrected chi connectivity index (χ4v) is 2.30. The Labute approximate surface area is 115 Å². The Bertz CT molecular complexity index is 286. The van der Waals surface area contributed by atoms with Crippen LogP contribution < -0.4 is 0 Å². The Kier molecular flexibility index (Phi) is 8.79. The molecule has 1 aromatic rings. The van der Waals surface area contributed by atoms with E-state index >= 15 is 0 Å². The first-order valence-corrected chi connectivity index (χ1v) is 7.56. The summed E-state index contributed by atoms with van der Waals surface area (Å²) < 4.78 is 0. The molecule has 0 amide bonds. The maximum absolute atomic E-state index is 2.40. The van der Waals surface area contributed by atoms with Crippen molar-refractivity contribution in [3.05, 3.63) is 35.9 Å². The SMILES string of the molecule is CC.CC(C)C(C)C(C)C(C)Cc1ccccc1. The van der Waals surface area contributed by atoms with E-state index in [9.17, 15) is 0 Å². The van der Waals surface area contributed by atoms with E-state index in [1.807, 2.05) is 13.8 Å². The Morgan fingerprint density at radius 3 is 1.72 bits per heavy atom. The van der Waals surface area contributed by atoms with E-state index < -0.39 is 0 Å². The highest BCUT2D eigenvalue weighted by Gasteiger charge is 2.21. The van der Waals surface area contributed by atoms with Crippen molar-refractivity contribution in [1.29, 1.82) is 0 Å². The first-order chi connectivity index (χ1) is 8.52. The summed E-state index contributed by atoms with van der Waals surface area (Å²) in [5.41, 5.74) is 1.47. The first kappa shape index (κ1) is 17.2. The van der Waals surface area contributed by atoms with E-state index in [0.717, 1.165) is 23.7 Å². The summed E-state index contributed by atoms with van der Waals surface area (Å²) in [5, 5.41) is 0. The van der Waals surface area contributed by atoms with Gasteiger partial charge in [-0.05, 0) is 35.7 Å². The molecular weight excluding hydrogens is 216 g/mol. The molecule has 0 heteroatoms. The standard InChI is InChI=1S/C16H26.C2H6/c1-12(2)14(4)15(5)13(3)11-16-9-7-6-8-10-16;1-2/h6-10,12-15H,11H2,1-5H3;1-2H3. The highest BCUT2D eigenvalue weighted by Crippen LogP contribution is 2.28. The second-order valence-corrected chi connectivity index (χ2v) is 5.63. The van der Waals surface area contributed by atoms with Crippen molar-refractivity contribution in [1.82, 2.24) is 0 Å². The minimum atomic E-state index is 0.764. The normalized spacial score (nSPS) is 15.6. The summed E-state index contributed by atoms with van der Waals surface area (Å²) in [6.07, 6.45) is 1.21. The van der Waals surface area contributed by atoms with E-state index in [2.05, 4.69) is 65.0 Å². The molecule has 0 radical (unpaired) electrons. The summed E-state index contributed by atoms with van der Waals surface area (Å²) in [5.74, 6) is 3.15. The number of benzene rings is 1. The Balaban J connectivity index is 0.00000137. The summed E-state index contributed by atoms with van der Waals surface area (Å²) >= 11 is 0. The third kappa shape index (κ3) is 5.71. The lowest BCUT2D eigenvalue weighted by molar-refractivity contribution is 0.222. The van der Waals surface area contributed by atoms with Gasteiger partial charge in [-0.1, -0.05) is 78.8 Å². The van der Waals surface area contributed by atoms with Crippen molar-refractivity contribution >= 4 is 0 Å². The van der Waals surface area contributed by atoms with Gasteiger partial charge in [-0.25, -0.2) is 0 Å². The van der Waals surface area contributed by atoms with Crippen LogP contribution in [0.25, 0.3) is 0 Å². The molecule has 0 saturated heterocycles. The van der Waals surface area contributed by atoms with Crippen molar-refractivity contribution < 1.29 is 0 Å². The van der Waals surface area contributed by atoms with Crippen LogP contribution in [0.15, 0.2) is 30.3 Å². The average molecular weight is 248 g/mol. The number of rotatable bonds is 5. The highest BCUT2D eigenvalue weighted by atomic mass is 14.3. The van der Waals surface area contributed by atoms with Crippen LogP contribution in [0.4, 0.5) is 0 Å². The maximum atomic E-state index is 2.40. The summed E-state index contributed by atoms with van der Waals surface area (Å²) in [4.78, 5) is 0. The van der Waals surface area contributed by atoms with Gasteiger partial charge >= 0.3 is 0 Å². The smallest absolute Gasteiger partial charge is 0.0250 e. The summed E-state index contributed by atoms with van der Waals surface area (Å²) in [7, 11) is 0. The molecule has 104 valence electrons. The van der Waals surface area contributed by atoms with E-state index in [1.54, 1.807) is 0 Å². The van der Waals surface area contributed by atoms with Crippen molar-refractivity contribution in [3.8, 4) is 0 Å². The van der Waals surface area contributed by atoms with E-state index in [4.69, 9.17) is 0 Å². The molecule has 3 unspecified atom stereocenters. The fraction of sp³-hybridized carbons (Fsp3) is 0.667. The van der Waals surface area contributed by atoms with Gasteiger partial charge in [0.05, 0.1) is 0 Å². The summed E-state index contributed by atoms with van der Waals surface area (Å²) in [6.45, 7) is 15.8. The van der Waals surface area contributed by atoms with Crippen molar-refractivity contribution in [2.45, 2.75) is 54.9 Å². The minimum Gasteiger partial charge on any atom is -0.0683 e. The van der Waals surface area contributed by atoms with E-state index in [1.165, 1.54) is 12.0 Å². The lowest BCUT2D eigenvalue weighted by atomic mass is 9.77. The van der Waals surface area contributed by atoms with Gasteiger partial charge in [0.2, 0.25) is 0 Å². The van der Waals surface area contributed by atoms with Crippen LogP contribution in [-0.2, 0) is 6.42 Å². The van der Waals surface area contributed by atoms with Gasteiger partial charge < -0.3 is 0 Å². The summed E-state index contributed by atoms with van der Waals surface area (Å²) in [6, 6.07) is 10.8. The van der Waals surface area contributed by atoms with Crippen molar-refractivity contribution in [2.24, 2.45) is 23.7 Å². The quantitative estimate of drug-likeness (QED) is 0.616. The van der Waals surface area contributed by atoms with E-state index in [-0.39, 0.29) is 0 Å². The zero-order chi connectivity index (χ0) is 14.1. The van der Waals surface area contributed by atoms with Crippen LogP contribution in [0.2, 0.25) is 0 Å². The fourth-order valence-electron chi connectivity index (χ4n) is 2.30. The predicted molar refractivity (Wildman–Crippen MR) is 83.8 cm³/mol. The molecule has 0 fully saturated rings. The zero-order valence-corrected chi connectivity index (χ0v) is 13.4. The van der Waals surface area contributed by atoms with Crippen molar-refractivity contribution in [2.75, 3.05) is 0 Å². The molecule has 0 bridgehead atoms. The maximum Gasteiger partial charge on any atom is -0.0250 e. The van der Waals surface area contributed by atoms with Gasteiger partial charge in [-0.15, -0.1) is 0 Å². The molecule has 0 saturated carbocycles. The third-order valence-corrected chi connectivity index (χ3v) is 4.18. The lowest BCUT2D eigenvalue weighted by Crippen LogP contribution is -2.22. The molecule has 1 aromatic carbocycles. The van der Waals surface area contributed by atoms with Gasteiger partial charge in [0.1, 0.15) is 0 Å². The first-order valence-electron chi connectivity index (χ1n) is 7.56. The molecular formula is C18H32. The molecule has 0 nitrogen and oxygen atoms in total. The monoisotopic (exact) mass is 248 g/mol. The highest BCUT2D eigenvalue weighted by molar-refractivity contribution is 5.15. The molecule has 0 aromatic heterocycles. The zero-order valence-electron chi connectivity index (χ0n) is 13.4. The predicted octanol–water partition coefficient (Wildman–Crippen LogP) is 5.82. The van der Waals surface area contributed by atoms with Crippen LogP contribution in [0.1, 0.15) is 54.0 Å². The molecule has 0 aliphatic carbocycles. The average Bonchev–Trinajstić information content (AvgIpc) is 2.40. The topological polar surface area (TPSA) is 0 Å². The van der Waals surface area contributed by atoms with Crippen LogP contribution in [0.5, 0.6) is 0 Å². The van der Waals surface area contributed by atoms with Crippen LogP contribution >= 0.6 is 0 Å². The van der Waals surface area contributed by atoms with Crippen LogP contribution in [-0.4, -0.2) is 0 Å². The molecule has 0 aliphatic rings. The second-order valence-electron chi connectivity index (χ2n) is 5.63. The van der Waals surface area contributed by atoms with Gasteiger partial charge in [-0.3, -0.25) is 0 Å². The largest absolute Gasteiger partial charge is 0.0683 e. The third-order valence-electron chi connectivity index (χ3n) is 4.18.